The van der Waals surface area contributed by atoms with E-state index in [4.69, 9.17) is 0 Å². The van der Waals surface area contributed by atoms with Gasteiger partial charge in [0, 0.05) is 36.2 Å². The molecule has 0 amide bonds. The number of phenolic OH excluding ortho intramolecular Hbond substituents is 1. The first kappa shape index (κ1) is 14.1. The van der Waals surface area contributed by atoms with E-state index in [0.29, 0.717) is 10.2 Å². The summed E-state index contributed by atoms with van der Waals surface area (Å²) in [6.45, 7) is 7.77. The van der Waals surface area contributed by atoms with Gasteiger partial charge in [-0.15, -0.1) is 6.58 Å². The van der Waals surface area contributed by atoms with Crippen LogP contribution in [-0.2, 0) is 0 Å². The van der Waals surface area contributed by atoms with Crippen molar-refractivity contribution in [2.45, 2.75) is 6.04 Å². The Morgan fingerprint density at radius 2 is 2.00 bits per heavy atom. The summed E-state index contributed by atoms with van der Waals surface area (Å²) >= 11 is 6.84. The van der Waals surface area contributed by atoms with E-state index in [1.807, 2.05) is 18.2 Å². The SMILES string of the molecule is C=C[C@@H](c1cc(Br)cc(Br)c1O)N1CCNCC1. The Morgan fingerprint density at radius 3 is 2.61 bits per heavy atom. The van der Waals surface area contributed by atoms with Gasteiger partial charge in [-0.05, 0) is 28.1 Å². The van der Waals surface area contributed by atoms with Crippen LogP contribution in [0.4, 0.5) is 0 Å². The van der Waals surface area contributed by atoms with Gasteiger partial charge in [0.05, 0.1) is 10.5 Å². The van der Waals surface area contributed by atoms with Gasteiger partial charge < -0.3 is 10.4 Å². The van der Waals surface area contributed by atoms with Gasteiger partial charge in [-0.1, -0.05) is 22.0 Å². The summed E-state index contributed by atoms with van der Waals surface area (Å²) in [6.07, 6.45) is 1.89. The van der Waals surface area contributed by atoms with Crippen molar-refractivity contribution in [2.24, 2.45) is 0 Å². The summed E-state index contributed by atoms with van der Waals surface area (Å²) in [6, 6.07) is 3.84. The van der Waals surface area contributed by atoms with E-state index in [-0.39, 0.29) is 6.04 Å². The maximum absolute atomic E-state index is 10.2. The highest BCUT2D eigenvalue weighted by Crippen LogP contribution is 2.37. The van der Waals surface area contributed by atoms with Crippen LogP contribution in [0.15, 0.2) is 33.7 Å². The molecule has 1 aliphatic heterocycles. The van der Waals surface area contributed by atoms with E-state index in [9.17, 15) is 5.11 Å². The molecule has 18 heavy (non-hydrogen) atoms. The Labute approximate surface area is 124 Å². The molecule has 0 saturated carbocycles. The standard InChI is InChI=1S/C13H16Br2N2O/c1-2-12(17-5-3-16-4-6-17)10-7-9(14)8-11(15)13(10)18/h2,7-8,12,16,18H,1,3-6H2/t12-/m0/s1. The van der Waals surface area contributed by atoms with E-state index >= 15 is 0 Å². The second-order valence-electron chi connectivity index (χ2n) is 4.29. The zero-order valence-electron chi connectivity index (χ0n) is 10.00. The lowest BCUT2D eigenvalue weighted by atomic mass is 10.0. The molecule has 1 atom stereocenters. The van der Waals surface area contributed by atoms with Gasteiger partial charge in [0.2, 0.25) is 0 Å². The fraction of sp³-hybridized carbons (Fsp3) is 0.385. The van der Waals surface area contributed by atoms with Gasteiger partial charge >= 0.3 is 0 Å². The van der Waals surface area contributed by atoms with Crippen LogP contribution in [0.5, 0.6) is 5.75 Å². The molecule has 0 unspecified atom stereocenters. The Hall–Kier alpha value is -0.360. The van der Waals surface area contributed by atoms with Gasteiger partial charge in [0.1, 0.15) is 5.75 Å². The van der Waals surface area contributed by atoms with Crippen molar-refractivity contribution in [1.29, 1.82) is 0 Å². The summed E-state index contributed by atoms with van der Waals surface area (Å²) in [5, 5.41) is 13.5. The van der Waals surface area contributed by atoms with Crippen molar-refractivity contribution in [3.63, 3.8) is 0 Å². The molecule has 0 aromatic heterocycles. The maximum Gasteiger partial charge on any atom is 0.134 e. The fourth-order valence-corrected chi connectivity index (χ4v) is 3.50. The molecule has 98 valence electrons. The molecule has 1 aromatic carbocycles. The van der Waals surface area contributed by atoms with Gasteiger partial charge in [0.15, 0.2) is 0 Å². The van der Waals surface area contributed by atoms with Crippen molar-refractivity contribution >= 4 is 31.9 Å². The number of piperazine rings is 1. The number of phenols is 1. The van der Waals surface area contributed by atoms with Gasteiger partial charge in [-0.25, -0.2) is 0 Å². The van der Waals surface area contributed by atoms with Crippen LogP contribution < -0.4 is 5.32 Å². The highest BCUT2D eigenvalue weighted by Gasteiger charge is 2.23. The highest BCUT2D eigenvalue weighted by atomic mass is 79.9. The molecule has 0 bridgehead atoms. The molecule has 1 aliphatic rings. The van der Waals surface area contributed by atoms with Crippen LogP contribution in [0.1, 0.15) is 11.6 Å². The van der Waals surface area contributed by atoms with E-state index in [1.54, 1.807) is 0 Å². The molecular weight excluding hydrogens is 360 g/mol. The number of halogens is 2. The summed E-state index contributed by atoms with van der Waals surface area (Å²) in [5.74, 6) is 0.293. The zero-order valence-corrected chi connectivity index (χ0v) is 13.2. The average Bonchev–Trinajstić information content (AvgIpc) is 2.37. The second kappa shape index (κ2) is 6.19. The number of hydrogen-bond acceptors (Lipinski definition) is 3. The minimum atomic E-state index is 0.0425. The summed E-state index contributed by atoms with van der Waals surface area (Å²) in [7, 11) is 0. The van der Waals surface area contributed by atoms with Crippen molar-refractivity contribution in [3.05, 3.63) is 39.3 Å². The monoisotopic (exact) mass is 374 g/mol. The van der Waals surface area contributed by atoms with Crippen molar-refractivity contribution in [3.8, 4) is 5.75 Å². The zero-order chi connectivity index (χ0) is 13.1. The molecule has 1 fully saturated rings. The van der Waals surface area contributed by atoms with Crippen LogP contribution in [0.3, 0.4) is 0 Å². The lowest BCUT2D eigenvalue weighted by molar-refractivity contribution is 0.201. The third kappa shape index (κ3) is 2.96. The Kier molecular flexibility index (Phi) is 4.84. The Balaban J connectivity index is 2.34. The lowest BCUT2D eigenvalue weighted by Gasteiger charge is -2.33. The number of aromatic hydroxyl groups is 1. The Bertz CT molecular complexity index is 445. The Morgan fingerprint density at radius 1 is 1.33 bits per heavy atom. The van der Waals surface area contributed by atoms with E-state index in [2.05, 4.69) is 48.7 Å². The number of rotatable bonds is 3. The molecule has 2 rings (SSSR count). The van der Waals surface area contributed by atoms with Crippen molar-refractivity contribution in [1.82, 2.24) is 10.2 Å². The quantitative estimate of drug-likeness (QED) is 0.797. The third-order valence-corrected chi connectivity index (χ3v) is 4.21. The molecule has 0 aliphatic carbocycles. The smallest absolute Gasteiger partial charge is 0.134 e. The van der Waals surface area contributed by atoms with Crippen molar-refractivity contribution in [2.75, 3.05) is 26.2 Å². The molecule has 3 nitrogen and oxygen atoms in total. The molecule has 5 heteroatoms. The first-order valence-corrected chi connectivity index (χ1v) is 7.47. The van der Waals surface area contributed by atoms with Gasteiger partial charge in [-0.2, -0.15) is 0 Å². The topological polar surface area (TPSA) is 35.5 Å². The summed E-state index contributed by atoms with van der Waals surface area (Å²) in [5.41, 5.74) is 0.883. The van der Waals surface area contributed by atoms with Crippen molar-refractivity contribution < 1.29 is 5.11 Å². The summed E-state index contributed by atoms with van der Waals surface area (Å²) in [4.78, 5) is 2.32. The number of benzene rings is 1. The summed E-state index contributed by atoms with van der Waals surface area (Å²) < 4.78 is 1.65. The van der Waals surface area contributed by atoms with Crippen LogP contribution in [0.2, 0.25) is 0 Å². The number of hydrogen-bond donors (Lipinski definition) is 2. The highest BCUT2D eigenvalue weighted by molar-refractivity contribution is 9.11. The minimum Gasteiger partial charge on any atom is -0.506 e. The van der Waals surface area contributed by atoms with Gasteiger partial charge in [0.25, 0.3) is 0 Å². The van der Waals surface area contributed by atoms with Crippen LogP contribution in [-0.4, -0.2) is 36.2 Å². The van der Waals surface area contributed by atoms with Crippen LogP contribution in [0.25, 0.3) is 0 Å². The van der Waals surface area contributed by atoms with Crippen LogP contribution >= 0.6 is 31.9 Å². The largest absolute Gasteiger partial charge is 0.506 e. The number of nitrogens with one attached hydrogen (secondary N) is 1. The molecule has 1 aromatic rings. The van der Waals surface area contributed by atoms with Crippen LogP contribution in [0, 0.1) is 0 Å². The molecule has 1 saturated heterocycles. The molecule has 0 spiro atoms. The number of nitrogens with zero attached hydrogens (tertiary/aromatic N) is 1. The predicted molar refractivity (Wildman–Crippen MR) is 80.9 cm³/mol. The fourth-order valence-electron chi connectivity index (χ4n) is 2.24. The first-order valence-electron chi connectivity index (χ1n) is 5.88. The maximum atomic E-state index is 10.2. The molecule has 2 N–H and O–H groups in total. The van der Waals surface area contributed by atoms with E-state index in [0.717, 1.165) is 36.2 Å². The second-order valence-corrected chi connectivity index (χ2v) is 6.06. The van der Waals surface area contributed by atoms with E-state index < -0.39 is 0 Å². The predicted octanol–water partition coefficient (Wildman–Crippen LogP) is 3.05. The van der Waals surface area contributed by atoms with Gasteiger partial charge in [-0.3, -0.25) is 4.90 Å². The van der Waals surface area contributed by atoms with E-state index in [1.165, 1.54) is 0 Å². The molecule has 0 radical (unpaired) electrons. The first-order chi connectivity index (χ1) is 8.63. The average molecular weight is 376 g/mol. The normalized spacial score (nSPS) is 18.6. The molecule has 1 heterocycles. The third-order valence-electron chi connectivity index (χ3n) is 3.14. The molecular formula is C13H16Br2N2O. The minimum absolute atomic E-state index is 0.0425. The lowest BCUT2D eigenvalue weighted by Crippen LogP contribution is -2.44.